The van der Waals surface area contributed by atoms with Crippen LogP contribution in [0.2, 0.25) is 5.02 Å². The summed E-state index contributed by atoms with van der Waals surface area (Å²) in [5.74, 6) is -0.270. The van der Waals surface area contributed by atoms with Gasteiger partial charge in [-0.15, -0.1) is 0 Å². The van der Waals surface area contributed by atoms with Crippen molar-refractivity contribution in [1.29, 1.82) is 0 Å². The van der Waals surface area contributed by atoms with Crippen LogP contribution >= 0.6 is 11.6 Å². The monoisotopic (exact) mass is 344 g/mol. The van der Waals surface area contributed by atoms with Gasteiger partial charge in [-0.25, -0.2) is 4.39 Å². The number of aromatic amines is 1. The summed E-state index contributed by atoms with van der Waals surface area (Å²) < 4.78 is 13.3. The Morgan fingerprint density at radius 2 is 1.96 bits per heavy atom. The molecule has 2 aromatic carbocycles. The number of H-pyrrole nitrogens is 1. The van der Waals surface area contributed by atoms with Gasteiger partial charge in [-0.1, -0.05) is 29.8 Å². The van der Waals surface area contributed by atoms with Crippen molar-refractivity contribution in [2.75, 3.05) is 6.54 Å². The zero-order valence-corrected chi connectivity index (χ0v) is 13.9. The summed E-state index contributed by atoms with van der Waals surface area (Å²) in [7, 11) is 0. The first-order valence-electron chi connectivity index (χ1n) is 7.89. The van der Waals surface area contributed by atoms with Crippen molar-refractivity contribution in [2.45, 2.75) is 19.3 Å². The van der Waals surface area contributed by atoms with Gasteiger partial charge in [0.15, 0.2) is 0 Å². The summed E-state index contributed by atoms with van der Waals surface area (Å²) in [5.41, 5.74) is 2.87. The summed E-state index contributed by atoms with van der Waals surface area (Å²) >= 11 is 6.08. The second-order valence-electron chi connectivity index (χ2n) is 5.70. The van der Waals surface area contributed by atoms with Crippen LogP contribution in [0.3, 0.4) is 0 Å². The molecular weight excluding hydrogens is 327 g/mol. The number of hydrogen-bond donors (Lipinski definition) is 2. The van der Waals surface area contributed by atoms with E-state index >= 15 is 0 Å². The highest BCUT2D eigenvalue weighted by atomic mass is 35.5. The molecule has 0 atom stereocenters. The van der Waals surface area contributed by atoms with E-state index in [9.17, 15) is 9.18 Å². The zero-order chi connectivity index (χ0) is 16.9. The van der Waals surface area contributed by atoms with Gasteiger partial charge >= 0.3 is 0 Å². The van der Waals surface area contributed by atoms with Crippen LogP contribution in [-0.2, 0) is 17.6 Å². The van der Waals surface area contributed by atoms with E-state index in [1.165, 1.54) is 12.1 Å². The summed E-state index contributed by atoms with van der Waals surface area (Å²) in [4.78, 5) is 15.1. The number of nitrogens with one attached hydrogen (secondary N) is 2. The van der Waals surface area contributed by atoms with Crippen LogP contribution in [0.15, 0.2) is 48.7 Å². The fourth-order valence-electron chi connectivity index (χ4n) is 2.73. The van der Waals surface area contributed by atoms with Crippen molar-refractivity contribution < 1.29 is 9.18 Å². The van der Waals surface area contributed by atoms with Gasteiger partial charge in [0, 0.05) is 35.1 Å². The lowest BCUT2D eigenvalue weighted by molar-refractivity contribution is -0.121. The molecule has 124 valence electrons. The Hall–Kier alpha value is -2.33. The zero-order valence-electron chi connectivity index (χ0n) is 13.1. The van der Waals surface area contributed by atoms with E-state index < -0.39 is 0 Å². The standard InChI is InChI=1S/C19H18ClFN2O/c20-17-4-2-1-3-13(17)5-8-19(24)22-10-9-14-12-23-18-7-6-15(21)11-16(14)18/h1-4,6-7,11-12,23H,5,8-10H2,(H,22,24). The minimum Gasteiger partial charge on any atom is -0.361 e. The molecule has 0 aliphatic carbocycles. The number of carbonyl (C=O) groups excluding carboxylic acids is 1. The largest absolute Gasteiger partial charge is 0.361 e. The Kier molecular flexibility index (Phi) is 5.16. The lowest BCUT2D eigenvalue weighted by Gasteiger charge is -2.06. The topological polar surface area (TPSA) is 44.9 Å². The first kappa shape index (κ1) is 16.5. The Morgan fingerprint density at radius 3 is 2.79 bits per heavy atom. The van der Waals surface area contributed by atoms with Gasteiger partial charge in [0.05, 0.1) is 0 Å². The molecule has 0 bridgehead atoms. The molecule has 0 radical (unpaired) electrons. The molecule has 1 amide bonds. The lowest BCUT2D eigenvalue weighted by Crippen LogP contribution is -2.25. The highest BCUT2D eigenvalue weighted by Crippen LogP contribution is 2.19. The second-order valence-corrected chi connectivity index (χ2v) is 6.10. The van der Waals surface area contributed by atoms with Gasteiger partial charge in [0.25, 0.3) is 0 Å². The van der Waals surface area contributed by atoms with E-state index in [-0.39, 0.29) is 11.7 Å². The minimum absolute atomic E-state index is 0.0130. The molecule has 1 heterocycles. The fourth-order valence-corrected chi connectivity index (χ4v) is 2.96. The van der Waals surface area contributed by atoms with E-state index in [4.69, 9.17) is 11.6 Å². The molecule has 0 fully saturated rings. The Bertz CT molecular complexity index is 859. The molecule has 24 heavy (non-hydrogen) atoms. The lowest BCUT2D eigenvalue weighted by atomic mass is 10.1. The summed E-state index contributed by atoms with van der Waals surface area (Å²) in [5, 5.41) is 4.45. The van der Waals surface area contributed by atoms with Gasteiger partial charge in [-0.3, -0.25) is 4.79 Å². The molecule has 2 N–H and O–H groups in total. The predicted molar refractivity (Wildman–Crippen MR) is 94.7 cm³/mol. The quantitative estimate of drug-likeness (QED) is 0.689. The van der Waals surface area contributed by atoms with Gasteiger partial charge in [0.1, 0.15) is 5.82 Å². The van der Waals surface area contributed by atoms with Crippen LogP contribution < -0.4 is 5.32 Å². The third-order valence-electron chi connectivity index (χ3n) is 4.03. The number of aromatic nitrogens is 1. The third-order valence-corrected chi connectivity index (χ3v) is 4.39. The van der Waals surface area contributed by atoms with E-state index in [1.807, 2.05) is 30.5 Å². The maximum atomic E-state index is 13.3. The maximum absolute atomic E-state index is 13.3. The van der Waals surface area contributed by atoms with Gasteiger partial charge in [-0.05, 0) is 48.2 Å². The number of fused-ring (bicyclic) bond motifs is 1. The van der Waals surface area contributed by atoms with Crippen LogP contribution in [0.25, 0.3) is 10.9 Å². The molecule has 5 heteroatoms. The van der Waals surface area contributed by atoms with Crippen molar-refractivity contribution in [3.05, 3.63) is 70.6 Å². The van der Waals surface area contributed by atoms with Crippen LogP contribution in [-0.4, -0.2) is 17.4 Å². The van der Waals surface area contributed by atoms with Gasteiger partial charge in [-0.2, -0.15) is 0 Å². The van der Waals surface area contributed by atoms with Gasteiger partial charge in [0.2, 0.25) is 5.91 Å². The molecule has 0 aliphatic heterocycles. The number of benzene rings is 2. The number of aryl methyl sites for hydroxylation is 1. The van der Waals surface area contributed by atoms with E-state index in [1.54, 1.807) is 6.07 Å². The average Bonchev–Trinajstić information content (AvgIpc) is 2.96. The molecule has 0 spiro atoms. The van der Waals surface area contributed by atoms with Crippen molar-refractivity contribution in [1.82, 2.24) is 10.3 Å². The highest BCUT2D eigenvalue weighted by Gasteiger charge is 2.07. The van der Waals surface area contributed by atoms with Crippen LogP contribution in [0.5, 0.6) is 0 Å². The molecule has 0 unspecified atom stereocenters. The smallest absolute Gasteiger partial charge is 0.220 e. The van der Waals surface area contributed by atoms with Crippen LogP contribution in [0, 0.1) is 5.82 Å². The van der Waals surface area contributed by atoms with Crippen LogP contribution in [0.4, 0.5) is 4.39 Å². The van der Waals surface area contributed by atoms with E-state index in [0.29, 0.717) is 30.8 Å². The van der Waals surface area contributed by atoms with Gasteiger partial charge < -0.3 is 10.3 Å². The molecule has 0 aliphatic rings. The molecule has 0 saturated carbocycles. The van der Waals surface area contributed by atoms with Crippen molar-refractivity contribution >= 4 is 28.4 Å². The predicted octanol–water partition coefficient (Wildman–Crippen LogP) is 4.25. The summed E-state index contributed by atoms with van der Waals surface area (Å²) in [6.07, 6.45) is 3.53. The maximum Gasteiger partial charge on any atom is 0.220 e. The number of halogens is 2. The molecule has 3 nitrogen and oxygen atoms in total. The van der Waals surface area contributed by atoms with Crippen LogP contribution in [0.1, 0.15) is 17.5 Å². The Balaban J connectivity index is 1.50. The van der Waals surface area contributed by atoms with Crippen molar-refractivity contribution in [3.8, 4) is 0 Å². The number of rotatable bonds is 6. The number of carbonyl (C=O) groups is 1. The minimum atomic E-state index is -0.257. The molecule has 0 saturated heterocycles. The first-order chi connectivity index (χ1) is 11.6. The normalized spacial score (nSPS) is 10.9. The fraction of sp³-hybridized carbons (Fsp3) is 0.211. The van der Waals surface area contributed by atoms with E-state index in [0.717, 1.165) is 22.0 Å². The molecule has 3 aromatic rings. The van der Waals surface area contributed by atoms with Crippen molar-refractivity contribution in [3.63, 3.8) is 0 Å². The SMILES string of the molecule is O=C(CCc1ccccc1Cl)NCCc1c[nH]c2ccc(F)cc12. The summed E-state index contributed by atoms with van der Waals surface area (Å²) in [6.45, 7) is 0.519. The average molecular weight is 345 g/mol. The highest BCUT2D eigenvalue weighted by molar-refractivity contribution is 6.31. The number of amides is 1. The first-order valence-corrected chi connectivity index (χ1v) is 8.27. The second kappa shape index (κ2) is 7.49. The Morgan fingerprint density at radius 1 is 1.12 bits per heavy atom. The summed E-state index contributed by atoms with van der Waals surface area (Å²) in [6, 6.07) is 12.2. The van der Waals surface area contributed by atoms with E-state index in [2.05, 4.69) is 10.3 Å². The molecule has 3 rings (SSSR count). The number of hydrogen-bond acceptors (Lipinski definition) is 1. The molecule has 1 aromatic heterocycles. The molecular formula is C19H18ClFN2O. The van der Waals surface area contributed by atoms with Crippen molar-refractivity contribution in [2.24, 2.45) is 0 Å². The third kappa shape index (κ3) is 3.95. The Labute approximate surface area is 144 Å².